The Bertz CT molecular complexity index is 973. The molecule has 2 aliphatic carbocycles. The Labute approximate surface area is 187 Å². The minimum Gasteiger partial charge on any atom is -0.362 e. The molecule has 0 spiro atoms. The third kappa shape index (κ3) is 5.00. The number of amides is 1. The van der Waals surface area contributed by atoms with Crippen molar-refractivity contribution in [2.24, 2.45) is 5.92 Å². The molecular weight excluding hydrogens is 412 g/mol. The van der Waals surface area contributed by atoms with Gasteiger partial charge in [0.1, 0.15) is 5.82 Å². The number of aryl methyl sites for hydroxylation is 1. The molecule has 1 fully saturated rings. The number of hydrogen-bond acceptors (Lipinski definition) is 5. The second-order valence-corrected chi connectivity index (χ2v) is 9.07. The van der Waals surface area contributed by atoms with Crippen LogP contribution in [0.1, 0.15) is 60.1 Å². The van der Waals surface area contributed by atoms with Gasteiger partial charge in [-0.1, -0.05) is 6.07 Å². The fraction of sp³-hybridized carbons (Fsp3) is 0.542. The molecule has 1 aromatic carbocycles. The summed E-state index contributed by atoms with van der Waals surface area (Å²) >= 11 is 0. The van der Waals surface area contributed by atoms with Crippen LogP contribution >= 0.6 is 0 Å². The topological polar surface area (TPSA) is 70.2 Å². The van der Waals surface area contributed by atoms with Gasteiger partial charge in [0.15, 0.2) is 11.6 Å². The zero-order valence-electron chi connectivity index (χ0n) is 18.8. The quantitative estimate of drug-likeness (QED) is 0.704. The summed E-state index contributed by atoms with van der Waals surface area (Å²) in [4.78, 5) is 23.9. The molecule has 2 aliphatic rings. The van der Waals surface area contributed by atoms with Gasteiger partial charge in [0.25, 0.3) is 5.91 Å². The Hall–Kier alpha value is -2.77. The molecule has 4 rings (SSSR count). The Kier molecular flexibility index (Phi) is 6.86. The highest BCUT2D eigenvalue weighted by Gasteiger charge is 2.25. The number of nitrogens with one attached hydrogen (secondary N) is 2. The van der Waals surface area contributed by atoms with E-state index in [1.54, 1.807) is 0 Å². The predicted molar refractivity (Wildman–Crippen MR) is 121 cm³/mol. The average Bonchev–Trinajstić information content (AvgIpc) is 2.79. The number of halogens is 2. The number of hydrogen-bond donors (Lipinski definition) is 2. The molecule has 2 aromatic rings. The monoisotopic (exact) mass is 443 g/mol. The largest absolute Gasteiger partial charge is 0.362 e. The summed E-state index contributed by atoms with van der Waals surface area (Å²) in [6.07, 6.45) is 8.19. The fourth-order valence-corrected chi connectivity index (χ4v) is 4.71. The van der Waals surface area contributed by atoms with Crippen LogP contribution in [-0.2, 0) is 12.8 Å². The fourth-order valence-electron chi connectivity index (χ4n) is 4.71. The highest BCUT2D eigenvalue weighted by Crippen LogP contribution is 2.30. The van der Waals surface area contributed by atoms with Gasteiger partial charge in [-0.2, -0.15) is 4.98 Å². The first-order chi connectivity index (χ1) is 15.4. The van der Waals surface area contributed by atoms with Gasteiger partial charge in [0, 0.05) is 32.2 Å². The molecule has 6 nitrogen and oxygen atoms in total. The molecule has 0 atom stereocenters. The Balaban J connectivity index is 1.30. The number of benzene rings is 1. The van der Waals surface area contributed by atoms with Crippen LogP contribution in [0.4, 0.5) is 20.5 Å². The van der Waals surface area contributed by atoms with Gasteiger partial charge >= 0.3 is 0 Å². The molecule has 172 valence electrons. The molecule has 8 heteroatoms. The van der Waals surface area contributed by atoms with Gasteiger partial charge in [-0.15, -0.1) is 0 Å². The van der Waals surface area contributed by atoms with E-state index in [4.69, 9.17) is 9.97 Å². The van der Waals surface area contributed by atoms with Gasteiger partial charge in [-0.3, -0.25) is 4.79 Å². The number of fused-ring (bicyclic) bond motifs is 1. The molecular formula is C24H31F2N5O. The first-order valence-electron chi connectivity index (χ1n) is 11.5. The van der Waals surface area contributed by atoms with Crippen LogP contribution in [0.5, 0.6) is 0 Å². The lowest BCUT2D eigenvalue weighted by atomic mass is 9.86. The van der Waals surface area contributed by atoms with Crippen LogP contribution in [0.15, 0.2) is 18.2 Å². The maximum atomic E-state index is 13.8. The van der Waals surface area contributed by atoms with Crippen molar-refractivity contribution in [2.75, 3.05) is 30.9 Å². The third-order valence-corrected chi connectivity index (χ3v) is 6.51. The molecule has 2 N–H and O–H groups in total. The first-order valence-corrected chi connectivity index (χ1v) is 11.5. The lowest BCUT2D eigenvalue weighted by Gasteiger charge is -2.30. The summed E-state index contributed by atoms with van der Waals surface area (Å²) in [7, 11) is 4.05. The van der Waals surface area contributed by atoms with E-state index in [2.05, 4.69) is 15.5 Å². The molecule has 0 unspecified atom stereocenters. The van der Waals surface area contributed by atoms with Crippen LogP contribution in [0.3, 0.4) is 0 Å². The van der Waals surface area contributed by atoms with E-state index in [-0.39, 0.29) is 5.56 Å². The second-order valence-electron chi connectivity index (χ2n) is 9.07. The molecule has 0 radical (unpaired) electrons. The second kappa shape index (κ2) is 9.79. The van der Waals surface area contributed by atoms with Gasteiger partial charge in [0.2, 0.25) is 5.95 Å². The number of rotatable bonds is 6. The first kappa shape index (κ1) is 22.4. The van der Waals surface area contributed by atoms with Crippen molar-refractivity contribution < 1.29 is 13.6 Å². The molecule has 0 bridgehead atoms. The van der Waals surface area contributed by atoms with Gasteiger partial charge in [0.05, 0.1) is 11.3 Å². The van der Waals surface area contributed by atoms with E-state index in [0.717, 1.165) is 50.4 Å². The summed E-state index contributed by atoms with van der Waals surface area (Å²) in [5.74, 6) is -0.645. The van der Waals surface area contributed by atoms with Crippen LogP contribution < -0.4 is 15.5 Å². The predicted octanol–water partition coefficient (Wildman–Crippen LogP) is 4.10. The standard InChI is InChI=1S/C24H31F2N5O/c1-31(2)22-17-6-3-4-9-20(17)29-24(30-22)28-16-12-10-15(11-13-16)14-27-23(32)18-7-5-8-19(25)21(18)26/h5,7-8,15-16H,3-4,6,9-14H2,1-2H3,(H,27,32)(H,28,29,30). The molecule has 0 aliphatic heterocycles. The number of nitrogens with zero attached hydrogens (tertiary/aromatic N) is 3. The normalized spacial score (nSPS) is 20.4. The van der Waals surface area contributed by atoms with E-state index >= 15 is 0 Å². The molecule has 1 amide bonds. The molecule has 1 aromatic heterocycles. The summed E-state index contributed by atoms with van der Waals surface area (Å²) in [5, 5.41) is 6.28. The van der Waals surface area contributed by atoms with Crippen molar-refractivity contribution in [1.29, 1.82) is 0 Å². The summed E-state index contributed by atoms with van der Waals surface area (Å²) < 4.78 is 27.1. The summed E-state index contributed by atoms with van der Waals surface area (Å²) in [6, 6.07) is 3.94. The van der Waals surface area contributed by atoms with Crippen molar-refractivity contribution in [2.45, 2.75) is 57.4 Å². The Morgan fingerprint density at radius 3 is 2.59 bits per heavy atom. The Morgan fingerprint density at radius 1 is 1.09 bits per heavy atom. The molecule has 0 saturated heterocycles. The van der Waals surface area contributed by atoms with E-state index in [9.17, 15) is 13.6 Å². The number of carbonyl (C=O) groups is 1. The van der Waals surface area contributed by atoms with Crippen molar-refractivity contribution in [3.05, 3.63) is 46.7 Å². The van der Waals surface area contributed by atoms with Crippen LogP contribution in [0.25, 0.3) is 0 Å². The maximum Gasteiger partial charge on any atom is 0.254 e. The van der Waals surface area contributed by atoms with Crippen LogP contribution in [0, 0.1) is 17.6 Å². The van der Waals surface area contributed by atoms with Crippen molar-refractivity contribution in [3.8, 4) is 0 Å². The average molecular weight is 444 g/mol. The molecule has 32 heavy (non-hydrogen) atoms. The van der Waals surface area contributed by atoms with E-state index < -0.39 is 17.5 Å². The minimum atomic E-state index is -1.10. The lowest BCUT2D eigenvalue weighted by Crippen LogP contribution is -2.34. The Morgan fingerprint density at radius 2 is 1.84 bits per heavy atom. The zero-order chi connectivity index (χ0) is 22.7. The van der Waals surface area contributed by atoms with Crippen molar-refractivity contribution in [3.63, 3.8) is 0 Å². The summed E-state index contributed by atoms with van der Waals surface area (Å²) in [6.45, 7) is 0.460. The lowest BCUT2D eigenvalue weighted by molar-refractivity contribution is 0.0938. The zero-order valence-corrected chi connectivity index (χ0v) is 18.8. The number of carbonyl (C=O) groups excluding carboxylic acids is 1. The highest BCUT2D eigenvalue weighted by atomic mass is 19.2. The number of aromatic nitrogens is 2. The smallest absolute Gasteiger partial charge is 0.254 e. The van der Waals surface area contributed by atoms with E-state index in [1.165, 1.54) is 36.2 Å². The van der Waals surface area contributed by atoms with Crippen LogP contribution in [0.2, 0.25) is 0 Å². The van der Waals surface area contributed by atoms with Crippen molar-refractivity contribution >= 4 is 17.7 Å². The molecule has 1 saturated carbocycles. The van der Waals surface area contributed by atoms with E-state index in [0.29, 0.717) is 24.5 Å². The van der Waals surface area contributed by atoms with Crippen LogP contribution in [-0.4, -0.2) is 42.6 Å². The van der Waals surface area contributed by atoms with E-state index in [1.807, 2.05) is 14.1 Å². The number of anilines is 2. The molecule has 1 heterocycles. The summed E-state index contributed by atoms with van der Waals surface area (Å²) in [5.41, 5.74) is 2.20. The van der Waals surface area contributed by atoms with Gasteiger partial charge < -0.3 is 15.5 Å². The van der Waals surface area contributed by atoms with Gasteiger partial charge in [-0.05, 0) is 69.4 Å². The van der Waals surface area contributed by atoms with Crippen molar-refractivity contribution in [1.82, 2.24) is 15.3 Å². The minimum absolute atomic E-state index is 0.249. The third-order valence-electron chi connectivity index (χ3n) is 6.51. The SMILES string of the molecule is CN(C)c1nc(NC2CCC(CNC(=O)c3cccc(F)c3F)CC2)nc2c1CCCC2. The maximum absolute atomic E-state index is 13.8. The van der Waals surface area contributed by atoms with Gasteiger partial charge in [-0.25, -0.2) is 13.8 Å². The highest BCUT2D eigenvalue weighted by molar-refractivity contribution is 5.94.